The van der Waals surface area contributed by atoms with Gasteiger partial charge in [0.25, 0.3) is 0 Å². The molecule has 0 aliphatic rings. The maximum Gasteiger partial charge on any atom is 0.0159 e. The van der Waals surface area contributed by atoms with Crippen molar-refractivity contribution in [2.45, 2.75) is 33.6 Å². The lowest BCUT2D eigenvalue weighted by Crippen LogP contribution is -2.17. The molecule has 1 heteroatoms. The molecule has 0 spiro atoms. The summed E-state index contributed by atoms with van der Waals surface area (Å²) in [4.78, 5) is 0. The van der Waals surface area contributed by atoms with Crippen LogP contribution in [0.15, 0.2) is 12.2 Å². The van der Waals surface area contributed by atoms with E-state index in [0.29, 0.717) is 0 Å². The van der Waals surface area contributed by atoms with Gasteiger partial charge in [0, 0.05) is 6.54 Å². The topological polar surface area (TPSA) is 12.0 Å². The average Bonchev–Trinajstić information content (AvgIpc) is 1.85. The van der Waals surface area contributed by atoms with Gasteiger partial charge in [-0.05, 0) is 32.2 Å². The van der Waals surface area contributed by atoms with E-state index in [4.69, 9.17) is 0 Å². The third kappa shape index (κ3) is 9.70. The number of rotatable bonds is 6. The van der Waals surface area contributed by atoms with Crippen molar-refractivity contribution in [3.05, 3.63) is 12.2 Å². The van der Waals surface area contributed by atoms with Crippen molar-refractivity contribution >= 4 is 0 Å². The minimum atomic E-state index is 0.835. The lowest BCUT2D eigenvalue weighted by Gasteiger charge is -2.05. The Morgan fingerprint density at radius 3 is 2.55 bits per heavy atom. The molecular weight excluding hydrogens is 134 g/mol. The monoisotopic (exact) mass is 155 g/mol. The number of hydrogen-bond acceptors (Lipinski definition) is 1. The van der Waals surface area contributed by atoms with Crippen molar-refractivity contribution in [1.82, 2.24) is 5.32 Å². The average molecular weight is 155 g/mol. The van der Waals surface area contributed by atoms with Crippen LogP contribution >= 0.6 is 0 Å². The molecule has 11 heavy (non-hydrogen) atoms. The summed E-state index contributed by atoms with van der Waals surface area (Å²) < 4.78 is 0. The maximum atomic E-state index is 3.83. The van der Waals surface area contributed by atoms with E-state index in [-0.39, 0.29) is 0 Å². The smallest absolute Gasteiger partial charge is 0.0159 e. The van der Waals surface area contributed by atoms with Gasteiger partial charge >= 0.3 is 0 Å². The zero-order valence-electron chi connectivity index (χ0n) is 8.11. The van der Waals surface area contributed by atoms with Crippen LogP contribution in [0.2, 0.25) is 0 Å². The van der Waals surface area contributed by atoms with Crippen molar-refractivity contribution in [3.8, 4) is 0 Å². The minimum absolute atomic E-state index is 0.835. The molecule has 0 saturated carbocycles. The van der Waals surface area contributed by atoms with Crippen LogP contribution in [0.3, 0.4) is 0 Å². The van der Waals surface area contributed by atoms with Gasteiger partial charge in [-0.3, -0.25) is 0 Å². The standard InChI is InChI=1S/C10H21N/c1-9(2)6-5-7-11-8-10(3)4/h9,11H,3,5-8H2,1-2,4H3. The van der Waals surface area contributed by atoms with Crippen molar-refractivity contribution in [1.29, 1.82) is 0 Å². The Labute approximate surface area is 70.9 Å². The second kappa shape index (κ2) is 6.41. The summed E-state index contributed by atoms with van der Waals surface area (Å²) >= 11 is 0. The molecular formula is C10H21N. The molecule has 0 aromatic carbocycles. The molecule has 66 valence electrons. The molecule has 0 fully saturated rings. The predicted molar refractivity (Wildman–Crippen MR) is 51.8 cm³/mol. The lowest BCUT2D eigenvalue weighted by molar-refractivity contribution is 0.535. The fourth-order valence-corrected chi connectivity index (χ4v) is 0.937. The van der Waals surface area contributed by atoms with E-state index < -0.39 is 0 Å². The maximum absolute atomic E-state index is 3.83. The van der Waals surface area contributed by atoms with Crippen LogP contribution in [0.5, 0.6) is 0 Å². The Morgan fingerprint density at radius 1 is 1.45 bits per heavy atom. The molecule has 1 N–H and O–H groups in total. The third-order valence-corrected chi connectivity index (χ3v) is 1.56. The zero-order valence-corrected chi connectivity index (χ0v) is 8.11. The Bertz CT molecular complexity index is 105. The van der Waals surface area contributed by atoms with E-state index in [2.05, 4.69) is 32.7 Å². The van der Waals surface area contributed by atoms with Crippen LogP contribution in [-0.2, 0) is 0 Å². The molecule has 0 bridgehead atoms. The molecule has 0 unspecified atom stereocenters. The minimum Gasteiger partial charge on any atom is -0.313 e. The van der Waals surface area contributed by atoms with Gasteiger partial charge in [0.05, 0.1) is 0 Å². The summed E-state index contributed by atoms with van der Waals surface area (Å²) in [6.45, 7) is 12.5. The summed E-state index contributed by atoms with van der Waals surface area (Å²) in [7, 11) is 0. The quantitative estimate of drug-likeness (QED) is 0.459. The Balaban J connectivity index is 2.97. The second-order valence-corrected chi connectivity index (χ2v) is 3.67. The van der Waals surface area contributed by atoms with Gasteiger partial charge in [0.15, 0.2) is 0 Å². The van der Waals surface area contributed by atoms with Crippen LogP contribution in [0.25, 0.3) is 0 Å². The highest BCUT2D eigenvalue weighted by molar-refractivity contribution is 4.90. The van der Waals surface area contributed by atoms with Crippen LogP contribution in [0.4, 0.5) is 0 Å². The van der Waals surface area contributed by atoms with E-state index in [1.54, 1.807) is 0 Å². The first kappa shape index (κ1) is 10.7. The van der Waals surface area contributed by atoms with E-state index in [1.165, 1.54) is 18.4 Å². The van der Waals surface area contributed by atoms with Gasteiger partial charge in [-0.15, -0.1) is 0 Å². The first-order chi connectivity index (χ1) is 5.13. The summed E-state index contributed by atoms with van der Waals surface area (Å²) in [6.07, 6.45) is 2.61. The highest BCUT2D eigenvalue weighted by atomic mass is 14.8. The molecule has 0 aromatic heterocycles. The van der Waals surface area contributed by atoms with Gasteiger partial charge in [0.2, 0.25) is 0 Å². The van der Waals surface area contributed by atoms with Crippen molar-refractivity contribution in [2.24, 2.45) is 5.92 Å². The fraction of sp³-hybridized carbons (Fsp3) is 0.800. The van der Waals surface area contributed by atoms with Gasteiger partial charge < -0.3 is 5.32 Å². The predicted octanol–water partition coefficient (Wildman–Crippen LogP) is 2.59. The fourth-order valence-electron chi connectivity index (χ4n) is 0.937. The molecule has 0 rings (SSSR count). The normalized spacial score (nSPS) is 10.5. The van der Waals surface area contributed by atoms with E-state index in [1.807, 2.05) is 0 Å². The Morgan fingerprint density at radius 2 is 2.09 bits per heavy atom. The van der Waals surface area contributed by atoms with Crippen LogP contribution in [0.1, 0.15) is 33.6 Å². The van der Waals surface area contributed by atoms with Crippen LogP contribution < -0.4 is 5.32 Å². The number of hydrogen-bond donors (Lipinski definition) is 1. The van der Waals surface area contributed by atoms with Crippen LogP contribution in [0, 0.1) is 5.92 Å². The molecule has 0 saturated heterocycles. The third-order valence-electron chi connectivity index (χ3n) is 1.56. The zero-order chi connectivity index (χ0) is 8.69. The van der Waals surface area contributed by atoms with Gasteiger partial charge in [0.1, 0.15) is 0 Å². The molecule has 0 aromatic rings. The summed E-state index contributed by atoms with van der Waals surface area (Å²) in [6, 6.07) is 0. The molecule has 0 atom stereocenters. The van der Waals surface area contributed by atoms with Gasteiger partial charge in [-0.1, -0.05) is 26.0 Å². The first-order valence-electron chi connectivity index (χ1n) is 4.48. The van der Waals surface area contributed by atoms with Crippen molar-refractivity contribution < 1.29 is 0 Å². The lowest BCUT2D eigenvalue weighted by atomic mass is 10.1. The molecule has 0 radical (unpaired) electrons. The van der Waals surface area contributed by atoms with Gasteiger partial charge in [-0.2, -0.15) is 0 Å². The summed E-state index contributed by atoms with van der Waals surface area (Å²) in [5.74, 6) is 0.835. The highest BCUT2D eigenvalue weighted by Gasteiger charge is 1.92. The highest BCUT2D eigenvalue weighted by Crippen LogP contribution is 2.01. The molecule has 1 nitrogen and oxygen atoms in total. The first-order valence-corrected chi connectivity index (χ1v) is 4.48. The SMILES string of the molecule is C=C(C)CNCCCC(C)C. The number of nitrogens with one attached hydrogen (secondary N) is 1. The van der Waals surface area contributed by atoms with E-state index in [0.717, 1.165) is 19.0 Å². The van der Waals surface area contributed by atoms with Crippen LogP contribution in [-0.4, -0.2) is 13.1 Å². The van der Waals surface area contributed by atoms with Gasteiger partial charge in [-0.25, -0.2) is 0 Å². The second-order valence-electron chi connectivity index (χ2n) is 3.67. The summed E-state index contributed by atoms with van der Waals surface area (Å²) in [5.41, 5.74) is 1.22. The van der Waals surface area contributed by atoms with Crippen molar-refractivity contribution in [2.75, 3.05) is 13.1 Å². The summed E-state index contributed by atoms with van der Waals surface area (Å²) in [5, 5.41) is 3.34. The largest absolute Gasteiger partial charge is 0.313 e. The Kier molecular flexibility index (Phi) is 6.24. The molecule has 0 aliphatic carbocycles. The van der Waals surface area contributed by atoms with E-state index >= 15 is 0 Å². The van der Waals surface area contributed by atoms with Crippen molar-refractivity contribution in [3.63, 3.8) is 0 Å². The van der Waals surface area contributed by atoms with E-state index in [9.17, 15) is 0 Å². The molecule has 0 aliphatic heterocycles. The Hall–Kier alpha value is -0.300. The molecule has 0 heterocycles. The molecule has 0 amide bonds.